The number of nitrogens with one attached hydrogen (secondary N) is 1. The van der Waals surface area contributed by atoms with Gasteiger partial charge in [0.25, 0.3) is 0 Å². The first-order valence-electron chi connectivity index (χ1n) is 6.57. The van der Waals surface area contributed by atoms with Crippen LogP contribution in [0.4, 0.5) is 0 Å². The van der Waals surface area contributed by atoms with E-state index in [1.54, 1.807) is 18.2 Å². The van der Waals surface area contributed by atoms with Gasteiger partial charge >= 0.3 is 5.97 Å². The van der Waals surface area contributed by atoms with E-state index in [0.29, 0.717) is 13.0 Å². The summed E-state index contributed by atoms with van der Waals surface area (Å²) in [6.45, 7) is 6.17. The van der Waals surface area contributed by atoms with Crippen LogP contribution in [0.5, 0.6) is 0 Å². The molecule has 0 aromatic heterocycles. The van der Waals surface area contributed by atoms with Crippen LogP contribution in [0, 0.1) is 5.41 Å². The van der Waals surface area contributed by atoms with Crippen molar-refractivity contribution in [2.75, 3.05) is 6.54 Å². The molecule has 0 saturated heterocycles. The summed E-state index contributed by atoms with van der Waals surface area (Å²) >= 11 is 0. The minimum Gasteiger partial charge on any atom is -0.478 e. The number of carbonyl (C=O) groups is 2. The monoisotopic (exact) mass is 278 g/mol. The van der Waals surface area contributed by atoms with Crippen molar-refractivity contribution in [1.29, 1.82) is 0 Å². The number of amides is 1. The van der Waals surface area contributed by atoms with E-state index in [9.17, 15) is 9.59 Å². The van der Waals surface area contributed by atoms with E-state index < -0.39 is 12.0 Å². The van der Waals surface area contributed by atoms with Gasteiger partial charge in [-0.25, -0.2) is 4.79 Å². The highest BCUT2D eigenvalue weighted by atomic mass is 16.4. The Labute approximate surface area is 119 Å². The molecule has 0 saturated carbocycles. The number of aromatic carboxylic acids is 1. The second kappa shape index (κ2) is 6.52. The Bertz CT molecular complexity index is 492. The van der Waals surface area contributed by atoms with Crippen LogP contribution < -0.4 is 11.1 Å². The van der Waals surface area contributed by atoms with Gasteiger partial charge in [0.2, 0.25) is 5.91 Å². The number of rotatable bonds is 5. The van der Waals surface area contributed by atoms with Gasteiger partial charge in [-0.1, -0.05) is 32.9 Å². The Morgan fingerprint density at radius 3 is 2.55 bits per heavy atom. The number of carboxylic acid groups (broad SMARTS) is 1. The van der Waals surface area contributed by atoms with Gasteiger partial charge in [-0.3, -0.25) is 4.79 Å². The maximum absolute atomic E-state index is 11.8. The number of hydrogen-bond acceptors (Lipinski definition) is 3. The lowest BCUT2D eigenvalue weighted by atomic mass is 9.87. The highest BCUT2D eigenvalue weighted by Gasteiger charge is 2.26. The second-order valence-electron chi connectivity index (χ2n) is 5.89. The van der Waals surface area contributed by atoms with Crippen molar-refractivity contribution in [3.63, 3.8) is 0 Å². The van der Waals surface area contributed by atoms with Crippen LogP contribution in [-0.4, -0.2) is 29.6 Å². The first kappa shape index (κ1) is 16.2. The number of nitrogens with two attached hydrogens (primary N) is 1. The fraction of sp³-hybridized carbons (Fsp3) is 0.467. The van der Waals surface area contributed by atoms with Crippen LogP contribution in [0.3, 0.4) is 0 Å². The van der Waals surface area contributed by atoms with Gasteiger partial charge in [0.1, 0.15) is 0 Å². The largest absolute Gasteiger partial charge is 0.478 e. The summed E-state index contributed by atoms with van der Waals surface area (Å²) in [6, 6.07) is 6.12. The van der Waals surface area contributed by atoms with Gasteiger partial charge < -0.3 is 16.2 Å². The van der Waals surface area contributed by atoms with Crippen molar-refractivity contribution in [2.45, 2.75) is 33.2 Å². The number of hydrogen-bond donors (Lipinski definition) is 3. The molecule has 110 valence electrons. The molecular formula is C15H22N2O3. The maximum Gasteiger partial charge on any atom is 0.335 e. The van der Waals surface area contributed by atoms with Gasteiger partial charge in [-0.2, -0.15) is 0 Å². The molecule has 0 spiro atoms. The quantitative estimate of drug-likeness (QED) is 0.759. The van der Waals surface area contributed by atoms with E-state index in [1.807, 2.05) is 26.8 Å². The van der Waals surface area contributed by atoms with E-state index >= 15 is 0 Å². The van der Waals surface area contributed by atoms with Gasteiger partial charge in [0.15, 0.2) is 0 Å². The predicted octanol–water partition coefficient (Wildman–Crippen LogP) is 1.42. The summed E-state index contributed by atoms with van der Waals surface area (Å²) in [7, 11) is 0. The molecule has 0 bridgehead atoms. The smallest absolute Gasteiger partial charge is 0.335 e. The maximum atomic E-state index is 11.8. The Hall–Kier alpha value is -1.88. The fourth-order valence-electron chi connectivity index (χ4n) is 1.69. The molecule has 1 atom stereocenters. The van der Waals surface area contributed by atoms with Crippen molar-refractivity contribution in [1.82, 2.24) is 5.32 Å². The van der Waals surface area contributed by atoms with Crippen LogP contribution in [0.1, 0.15) is 36.7 Å². The molecule has 1 aromatic carbocycles. The minimum absolute atomic E-state index is 0.188. The van der Waals surface area contributed by atoms with Crippen molar-refractivity contribution in [3.8, 4) is 0 Å². The van der Waals surface area contributed by atoms with E-state index in [0.717, 1.165) is 5.56 Å². The van der Waals surface area contributed by atoms with Gasteiger partial charge in [0, 0.05) is 6.54 Å². The summed E-state index contributed by atoms with van der Waals surface area (Å²) in [5, 5.41) is 11.7. The van der Waals surface area contributed by atoms with E-state index in [4.69, 9.17) is 10.8 Å². The van der Waals surface area contributed by atoms with Crippen LogP contribution in [-0.2, 0) is 11.2 Å². The molecule has 1 amide bonds. The summed E-state index contributed by atoms with van der Waals surface area (Å²) in [4.78, 5) is 22.7. The van der Waals surface area contributed by atoms with Crippen molar-refractivity contribution >= 4 is 11.9 Å². The number of carboxylic acids is 1. The number of benzene rings is 1. The average Bonchev–Trinajstić information content (AvgIpc) is 2.37. The lowest BCUT2D eigenvalue weighted by Crippen LogP contribution is -2.48. The Morgan fingerprint density at radius 1 is 1.35 bits per heavy atom. The third-order valence-electron chi connectivity index (χ3n) is 3.10. The van der Waals surface area contributed by atoms with Gasteiger partial charge in [-0.15, -0.1) is 0 Å². The number of carbonyl (C=O) groups excluding carboxylic acids is 1. The van der Waals surface area contributed by atoms with Crippen molar-refractivity contribution < 1.29 is 14.7 Å². The molecule has 0 aliphatic carbocycles. The third kappa shape index (κ3) is 4.66. The first-order valence-corrected chi connectivity index (χ1v) is 6.57. The van der Waals surface area contributed by atoms with Gasteiger partial charge in [0.05, 0.1) is 11.6 Å². The highest BCUT2D eigenvalue weighted by molar-refractivity contribution is 5.87. The molecular weight excluding hydrogens is 256 g/mol. The molecule has 0 heterocycles. The third-order valence-corrected chi connectivity index (χ3v) is 3.10. The van der Waals surface area contributed by atoms with E-state index in [-0.39, 0.29) is 16.9 Å². The summed E-state index contributed by atoms with van der Waals surface area (Å²) < 4.78 is 0. The molecule has 0 aliphatic rings. The molecule has 5 heteroatoms. The predicted molar refractivity (Wildman–Crippen MR) is 77.5 cm³/mol. The lowest BCUT2D eigenvalue weighted by molar-refractivity contribution is -0.124. The topological polar surface area (TPSA) is 92.4 Å². The second-order valence-corrected chi connectivity index (χ2v) is 5.89. The van der Waals surface area contributed by atoms with Crippen LogP contribution in [0.2, 0.25) is 0 Å². The molecule has 0 radical (unpaired) electrons. The fourth-order valence-corrected chi connectivity index (χ4v) is 1.69. The molecule has 20 heavy (non-hydrogen) atoms. The molecule has 0 aliphatic heterocycles. The van der Waals surface area contributed by atoms with E-state index in [2.05, 4.69) is 5.32 Å². The van der Waals surface area contributed by atoms with E-state index in [1.165, 1.54) is 0 Å². The first-order chi connectivity index (χ1) is 9.21. The summed E-state index contributed by atoms with van der Waals surface area (Å²) in [5.41, 5.74) is 6.68. The zero-order valence-corrected chi connectivity index (χ0v) is 12.1. The average molecular weight is 278 g/mol. The Morgan fingerprint density at radius 2 is 2.00 bits per heavy atom. The highest BCUT2D eigenvalue weighted by Crippen LogP contribution is 2.17. The van der Waals surface area contributed by atoms with Crippen molar-refractivity contribution in [3.05, 3.63) is 35.4 Å². The molecule has 1 rings (SSSR count). The molecule has 4 N–H and O–H groups in total. The standard InChI is InChI=1S/C15H22N2O3/c1-15(2,3)12(16)13(18)17-8-7-10-5-4-6-11(9-10)14(19)20/h4-6,9,12H,7-8,16H2,1-3H3,(H,17,18)(H,19,20). The molecule has 1 unspecified atom stereocenters. The zero-order chi connectivity index (χ0) is 15.3. The van der Waals surface area contributed by atoms with Crippen LogP contribution >= 0.6 is 0 Å². The molecule has 1 aromatic rings. The Kier molecular flexibility index (Phi) is 5.27. The molecule has 5 nitrogen and oxygen atoms in total. The SMILES string of the molecule is CC(C)(C)C(N)C(=O)NCCc1cccc(C(=O)O)c1. The zero-order valence-electron chi connectivity index (χ0n) is 12.1. The minimum atomic E-state index is -0.953. The lowest BCUT2D eigenvalue weighted by Gasteiger charge is -2.25. The van der Waals surface area contributed by atoms with Crippen molar-refractivity contribution in [2.24, 2.45) is 11.1 Å². The van der Waals surface area contributed by atoms with Gasteiger partial charge in [-0.05, 0) is 29.5 Å². The normalized spacial score (nSPS) is 12.8. The summed E-state index contributed by atoms with van der Waals surface area (Å²) in [6.07, 6.45) is 0.573. The molecule has 0 fully saturated rings. The van der Waals surface area contributed by atoms with Crippen LogP contribution in [0.15, 0.2) is 24.3 Å². The van der Waals surface area contributed by atoms with Crippen LogP contribution in [0.25, 0.3) is 0 Å². The Balaban J connectivity index is 2.51. The summed E-state index contributed by atoms with van der Waals surface area (Å²) in [5.74, 6) is -1.14.